The van der Waals surface area contributed by atoms with Gasteiger partial charge in [0.2, 0.25) is 0 Å². The Bertz CT molecular complexity index is 558. The first-order chi connectivity index (χ1) is 10.1. The van der Waals surface area contributed by atoms with Gasteiger partial charge in [0, 0.05) is 44.5 Å². The van der Waals surface area contributed by atoms with Crippen molar-refractivity contribution in [3.63, 3.8) is 0 Å². The fourth-order valence-corrected chi connectivity index (χ4v) is 5.25. The zero-order chi connectivity index (χ0) is 14.9. The molecular formula is C14H24N4O2S. The molecule has 0 spiro atoms. The number of nitrogens with one attached hydrogen (secondary N) is 1. The molecule has 6 nitrogen and oxygen atoms in total. The molecule has 21 heavy (non-hydrogen) atoms. The first kappa shape index (κ1) is 15.0. The van der Waals surface area contributed by atoms with Crippen LogP contribution in [0.25, 0.3) is 0 Å². The van der Waals surface area contributed by atoms with Crippen LogP contribution in [0.2, 0.25) is 0 Å². The second-order valence-electron chi connectivity index (χ2n) is 6.28. The lowest BCUT2D eigenvalue weighted by Gasteiger charge is -2.37. The Hall–Kier alpha value is -0.920. The van der Waals surface area contributed by atoms with E-state index in [1.807, 2.05) is 0 Å². The minimum atomic E-state index is -3.32. The molecule has 1 aromatic heterocycles. The van der Waals surface area contributed by atoms with Crippen LogP contribution < -0.4 is 0 Å². The molecule has 2 fully saturated rings. The molecule has 3 rings (SSSR count). The monoisotopic (exact) mass is 312 g/mol. The fourth-order valence-electron chi connectivity index (χ4n) is 3.40. The Balaban J connectivity index is 1.72. The van der Waals surface area contributed by atoms with Crippen molar-refractivity contribution in [2.75, 3.05) is 26.2 Å². The summed E-state index contributed by atoms with van der Waals surface area (Å²) in [6.07, 6.45) is 7.52. The maximum absolute atomic E-state index is 12.8. The average Bonchev–Trinajstić information content (AvgIpc) is 3.02. The normalized spacial score (nSPS) is 29.6. The van der Waals surface area contributed by atoms with E-state index in [1.54, 1.807) is 21.0 Å². The SMILES string of the molecule is C[C@@H]1CCCN(S(=O)(=O)N2CCC[C@H](c3ncc[nH]3)C2)C1. The highest BCUT2D eigenvalue weighted by Gasteiger charge is 2.36. The molecule has 0 radical (unpaired) electrons. The number of aromatic nitrogens is 2. The lowest BCUT2D eigenvalue weighted by atomic mass is 9.99. The second-order valence-corrected chi connectivity index (χ2v) is 8.21. The van der Waals surface area contributed by atoms with E-state index in [1.165, 1.54) is 0 Å². The van der Waals surface area contributed by atoms with E-state index < -0.39 is 10.2 Å². The number of H-pyrrole nitrogens is 1. The summed E-state index contributed by atoms with van der Waals surface area (Å²) in [5, 5.41) is 0. The van der Waals surface area contributed by atoms with Crippen LogP contribution in [0.3, 0.4) is 0 Å². The molecule has 0 bridgehead atoms. The summed E-state index contributed by atoms with van der Waals surface area (Å²) in [4.78, 5) is 7.41. The van der Waals surface area contributed by atoms with E-state index in [0.29, 0.717) is 32.1 Å². The van der Waals surface area contributed by atoms with E-state index in [0.717, 1.165) is 31.5 Å². The van der Waals surface area contributed by atoms with Gasteiger partial charge in [0.15, 0.2) is 0 Å². The van der Waals surface area contributed by atoms with Gasteiger partial charge in [0.05, 0.1) is 0 Å². The molecule has 2 aliphatic heterocycles. The van der Waals surface area contributed by atoms with Gasteiger partial charge in [-0.05, 0) is 31.6 Å². The molecule has 2 atom stereocenters. The van der Waals surface area contributed by atoms with Crippen molar-refractivity contribution in [1.29, 1.82) is 0 Å². The standard InChI is InChI=1S/C14H24N4O2S/c1-12-4-2-8-17(10-12)21(19,20)18-9-3-5-13(11-18)14-15-6-7-16-14/h6-7,12-13H,2-5,8-11H2,1H3,(H,15,16)/t12-,13+/m1/s1. The summed E-state index contributed by atoms with van der Waals surface area (Å²) in [6.45, 7) is 4.62. The van der Waals surface area contributed by atoms with E-state index in [4.69, 9.17) is 0 Å². The van der Waals surface area contributed by atoms with E-state index >= 15 is 0 Å². The smallest absolute Gasteiger partial charge is 0.282 e. The largest absolute Gasteiger partial charge is 0.348 e. The maximum Gasteiger partial charge on any atom is 0.282 e. The van der Waals surface area contributed by atoms with Gasteiger partial charge in [-0.3, -0.25) is 0 Å². The van der Waals surface area contributed by atoms with Crippen LogP contribution in [0.1, 0.15) is 44.3 Å². The summed E-state index contributed by atoms with van der Waals surface area (Å²) < 4.78 is 29.0. The highest BCUT2D eigenvalue weighted by atomic mass is 32.2. The summed E-state index contributed by atoms with van der Waals surface area (Å²) in [6, 6.07) is 0. The average molecular weight is 312 g/mol. The van der Waals surface area contributed by atoms with Gasteiger partial charge in [0.25, 0.3) is 10.2 Å². The number of aromatic amines is 1. The predicted octanol–water partition coefficient (Wildman–Crippen LogP) is 1.57. The number of hydrogen-bond acceptors (Lipinski definition) is 3. The van der Waals surface area contributed by atoms with E-state index in [-0.39, 0.29) is 5.92 Å². The van der Waals surface area contributed by atoms with Crippen molar-refractivity contribution >= 4 is 10.2 Å². The molecule has 1 aromatic rings. The van der Waals surface area contributed by atoms with Crippen molar-refractivity contribution in [1.82, 2.24) is 18.6 Å². The molecule has 0 aliphatic carbocycles. The highest BCUT2D eigenvalue weighted by Crippen LogP contribution is 2.28. The first-order valence-corrected chi connectivity index (χ1v) is 9.21. The van der Waals surface area contributed by atoms with Crippen LogP contribution in [0.15, 0.2) is 12.4 Å². The topological polar surface area (TPSA) is 69.3 Å². The van der Waals surface area contributed by atoms with Crippen molar-refractivity contribution < 1.29 is 8.42 Å². The Morgan fingerprint density at radius 2 is 1.90 bits per heavy atom. The molecule has 118 valence electrons. The summed E-state index contributed by atoms with van der Waals surface area (Å²) in [7, 11) is -3.32. The third-order valence-corrected chi connectivity index (χ3v) is 6.53. The Morgan fingerprint density at radius 3 is 2.57 bits per heavy atom. The number of nitrogens with zero attached hydrogens (tertiary/aromatic N) is 3. The van der Waals surface area contributed by atoms with Gasteiger partial charge in [-0.1, -0.05) is 6.92 Å². The quantitative estimate of drug-likeness (QED) is 0.921. The molecule has 2 saturated heterocycles. The number of rotatable bonds is 3. The molecule has 7 heteroatoms. The van der Waals surface area contributed by atoms with Gasteiger partial charge in [-0.15, -0.1) is 0 Å². The summed E-state index contributed by atoms with van der Waals surface area (Å²) in [5.74, 6) is 1.55. The summed E-state index contributed by atoms with van der Waals surface area (Å²) >= 11 is 0. The van der Waals surface area contributed by atoms with Crippen LogP contribution in [0.5, 0.6) is 0 Å². The Labute approximate surface area is 126 Å². The van der Waals surface area contributed by atoms with E-state index in [2.05, 4.69) is 16.9 Å². The summed E-state index contributed by atoms with van der Waals surface area (Å²) in [5.41, 5.74) is 0. The molecular weight excluding hydrogens is 288 g/mol. The molecule has 2 aliphatic rings. The third-order valence-electron chi connectivity index (χ3n) is 4.56. The lowest BCUT2D eigenvalue weighted by Crippen LogP contribution is -2.50. The third kappa shape index (κ3) is 3.14. The maximum atomic E-state index is 12.8. The highest BCUT2D eigenvalue weighted by molar-refractivity contribution is 7.86. The van der Waals surface area contributed by atoms with Crippen molar-refractivity contribution in [2.24, 2.45) is 5.92 Å². The minimum absolute atomic E-state index is 0.186. The number of imidazole rings is 1. The lowest BCUT2D eigenvalue weighted by molar-refractivity contribution is 0.239. The van der Waals surface area contributed by atoms with Crippen molar-refractivity contribution in [3.8, 4) is 0 Å². The molecule has 0 aromatic carbocycles. The Kier molecular flexibility index (Phi) is 4.33. The van der Waals surface area contributed by atoms with Gasteiger partial charge in [0.1, 0.15) is 5.82 Å². The van der Waals surface area contributed by atoms with Crippen LogP contribution in [0, 0.1) is 5.92 Å². The van der Waals surface area contributed by atoms with Gasteiger partial charge < -0.3 is 4.98 Å². The number of piperidine rings is 2. The molecule has 0 saturated carbocycles. The zero-order valence-corrected chi connectivity index (χ0v) is 13.3. The van der Waals surface area contributed by atoms with Crippen LogP contribution in [-0.2, 0) is 10.2 Å². The van der Waals surface area contributed by atoms with Crippen molar-refractivity contribution in [2.45, 2.75) is 38.5 Å². The molecule has 1 N–H and O–H groups in total. The second kappa shape index (κ2) is 6.06. The van der Waals surface area contributed by atoms with Crippen LogP contribution in [-0.4, -0.2) is 53.2 Å². The van der Waals surface area contributed by atoms with Gasteiger partial charge >= 0.3 is 0 Å². The minimum Gasteiger partial charge on any atom is -0.348 e. The molecule has 0 amide bonds. The van der Waals surface area contributed by atoms with Crippen molar-refractivity contribution in [3.05, 3.63) is 18.2 Å². The van der Waals surface area contributed by atoms with Crippen LogP contribution in [0.4, 0.5) is 0 Å². The first-order valence-electron chi connectivity index (χ1n) is 7.82. The van der Waals surface area contributed by atoms with Gasteiger partial charge in [-0.2, -0.15) is 17.0 Å². The van der Waals surface area contributed by atoms with Gasteiger partial charge in [-0.25, -0.2) is 4.98 Å². The Morgan fingerprint density at radius 1 is 1.19 bits per heavy atom. The predicted molar refractivity (Wildman–Crippen MR) is 81.0 cm³/mol. The van der Waals surface area contributed by atoms with Crippen LogP contribution >= 0.6 is 0 Å². The molecule has 3 heterocycles. The number of hydrogen-bond donors (Lipinski definition) is 1. The van der Waals surface area contributed by atoms with E-state index in [9.17, 15) is 8.42 Å². The fraction of sp³-hybridized carbons (Fsp3) is 0.786. The zero-order valence-electron chi connectivity index (χ0n) is 12.5. The molecule has 0 unspecified atom stereocenters.